The number of ether oxygens (including phenoxy) is 1. The number of piperidine rings is 3. The van der Waals surface area contributed by atoms with E-state index in [1.54, 1.807) is 6.07 Å². The number of fused-ring (bicyclic) bond motifs is 3. The zero-order valence-corrected chi connectivity index (χ0v) is 27.5. The van der Waals surface area contributed by atoms with E-state index in [0.29, 0.717) is 23.9 Å². The third kappa shape index (κ3) is 7.47. The smallest absolute Gasteiger partial charge is 0.191 e. The molecule has 3 aliphatic heterocycles. The van der Waals surface area contributed by atoms with Crippen LogP contribution in [0.3, 0.4) is 0 Å². The van der Waals surface area contributed by atoms with E-state index in [2.05, 4.69) is 27.7 Å². The first kappa shape index (κ1) is 33.3. The van der Waals surface area contributed by atoms with Crippen LogP contribution in [0.2, 0.25) is 0 Å². The summed E-state index contributed by atoms with van der Waals surface area (Å²) in [6, 6.07) is 18.4. The largest absolute Gasteiger partial charge is 0.748 e. The van der Waals surface area contributed by atoms with E-state index in [1.807, 2.05) is 42.5 Å². The average molecular weight is 743 g/mol. The number of alkyl halides is 1. The van der Waals surface area contributed by atoms with E-state index >= 15 is 0 Å². The predicted octanol–water partition coefficient (Wildman–Crippen LogP) is 5.10. The van der Waals surface area contributed by atoms with Crippen molar-refractivity contribution in [2.24, 2.45) is 11.8 Å². The summed E-state index contributed by atoms with van der Waals surface area (Å²) in [6.45, 7) is 2.24. The molecule has 3 atom stereocenters. The SMILES string of the molecule is O=S(=O)([O-])CCO.O[C@](c1ccccc1)(c1cc(C[N+]23CCC(CC2)C(Oc2cccc(F)c2)C3I)on1)C1CCCCC1. The van der Waals surface area contributed by atoms with Gasteiger partial charge >= 0.3 is 0 Å². The van der Waals surface area contributed by atoms with Crippen molar-refractivity contribution in [1.29, 1.82) is 0 Å². The molecule has 3 saturated heterocycles. The van der Waals surface area contributed by atoms with Gasteiger partial charge in [0.1, 0.15) is 29.4 Å². The minimum atomic E-state index is -4.17. The average Bonchev–Trinajstić information content (AvgIpc) is 3.48. The van der Waals surface area contributed by atoms with Crippen molar-refractivity contribution in [1.82, 2.24) is 5.16 Å². The first-order valence-corrected chi connectivity index (χ1v) is 18.1. The number of quaternary nitrogens is 1. The van der Waals surface area contributed by atoms with Crippen molar-refractivity contribution >= 4 is 32.7 Å². The van der Waals surface area contributed by atoms with E-state index in [-0.39, 0.29) is 21.9 Å². The van der Waals surface area contributed by atoms with E-state index in [9.17, 15) is 22.5 Å². The van der Waals surface area contributed by atoms with Crippen molar-refractivity contribution in [3.05, 3.63) is 83.5 Å². The summed E-state index contributed by atoms with van der Waals surface area (Å²) in [5, 5.41) is 24.5. The molecule has 1 aliphatic carbocycles. The molecule has 2 N–H and O–H groups in total. The van der Waals surface area contributed by atoms with Gasteiger partial charge in [-0.05, 0) is 59.0 Å². The Hall–Kier alpha value is -2.10. The van der Waals surface area contributed by atoms with Crippen LogP contribution in [-0.4, -0.2) is 68.4 Å². The van der Waals surface area contributed by atoms with Crippen molar-refractivity contribution < 1.29 is 41.3 Å². The molecular formula is C32H40FIN2O7S. The Kier molecular flexibility index (Phi) is 10.7. The fourth-order valence-corrected chi connectivity index (χ4v) is 8.81. The van der Waals surface area contributed by atoms with Gasteiger partial charge in [-0.3, -0.25) is 0 Å². The maximum absolute atomic E-state index is 13.8. The summed E-state index contributed by atoms with van der Waals surface area (Å²) in [4.78, 5) is 0. The number of halogens is 2. The molecule has 1 saturated carbocycles. The normalized spacial score (nSPS) is 26.8. The summed E-state index contributed by atoms with van der Waals surface area (Å²) in [7, 11) is -4.17. The lowest BCUT2D eigenvalue weighted by Gasteiger charge is -2.55. The minimum Gasteiger partial charge on any atom is -0.748 e. The number of hydrogen-bond acceptors (Lipinski definition) is 8. The zero-order chi connectivity index (χ0) is 31.4. The third-order valence-electron chi connectivity index (χ3n) is 9.39. The highest BCUT2D eigenvalue weighted by atomic mass is 127. The molecule has 0 radical (unpaired) electrons. The lowest BCUT2D eigenvalue weighted by molar-refractivity contribution is -0.964. The molecule has 3 aromatic rings. The molecular weight excluding hydrogens is 702 g/mol. The van der Waals surface area contributed by atoms with Crippen LogP contribution in [0.1, 0.15) is 62.0 Å². The van der Waals surface area contributed by atoms with Gasteiger partial charge in [-0.1, -0.05) is 60.8 Å². The molecule has 7 rings (SSSR count). The predicted molar refractivity (Wildman–Crippen MR) is 169 cm³/mol. The van der Waals surface area contributed by atoms with Gasteiger partial charge in [-0.25, -0.2) is 12.8 Å². The highest BCUT2D eigenvalue weighted by Gasteiger charge is 2.54. The molecule has 240 valence electrons. The molecule has 4 heterocycles. The van der Waals surface area contributed by atoms with Crippen LogP contribution in [0.4, 0.5) is 4.39 Å². The van der Waals surface area contributed by atoms with Gasteiger partial charge in [0, 0.05) is 30.9 Å². The van der Waals surface area contributed by atoms with E-state index in [4.69, 9.17) is 14.4 Å². The van der Waals surface area contributed by atoms with Crippen LogP contribution in [0.5, 0.6) is 5.75 Å². The van der Waals surface area contributed by atoms with Crippen LogP contribution in [0, 0.1) is 17.7 Å². The van der Waals surface area contributed by atoms with Crippen LogP contribution in [-0.2, 0) is 22.3 Å². The van der Waals surface area contributed by atoms with Gasteiger partial charge in [0.25, 0.3) is 0 Å². The Morgan fingerprint density at radius 2 is 1.75 bits per heavy atom. The molecule has 9 nitrogen and oxygen atoms in total. The summed E-state index contributed by atoms with van der Waals surface area (Å²) >= 11 is 2.54. The minimum absolute atomic E-state index is 0.0239. The highest BCUT2D eigenvalue weighted by molar-refractivity contribution is 14.1. The van der Waals surface area contributed by atoms with Gasteiger partial charge in [0.2, 0.25) is 0 Å². The Morgan fingerprint density at radius 3 is 2.36 bits per heavy atom. The second-order valence-corrected chi connectivity index (χ2v) is 15.0. The highest BCUT2D eigenvalue weighted by Crippen LogP contribution is 2.46. The first-order chi connectivity index (χ1) is 21.0. The summed E-state index contributed by atoms with van der Waals surface area (Å²) in [5.74, 6) is 1.05. The fraction of sp³-hybridized carbons (Fsp3) is 0.531. The molecule has 2 bridgehead atoms. The molecule has 4 aliphatic rings. The number of aliphatic hydroxyl groups excluding tert-OH is 1. The number of hydrogen-bond donors (Lipinski definition) is 2. The molecule has 2 unspecified atom stereocenters. The third-order valence-corrected chi connectivity index (χ3v) is 12.0. The van der Waals surface area contributed by atoms with Crippen LogP contribution >= 0.6 is 22.6 Å². The van der Waals surface area contributed by atoms with Gasteiger partial charge in [0.15, 0.2) is 15.9 Å². The Morgan fingerprint density at radius 1 is 1.05 bits per heavy atom. The van der Waals surface area contributed by atoms with Crippen molar-refractivity contribution in [3.63, 3.8) is 0 Å². The summed E-state index contributed by atoms with van der Waals surface area (Å²) < 4.78 is 55.8. The fourth-order valence-electron chi connectivity index (χ4n) is 7.10. The van der Waals surface area contributed by atoms with Gasteiger partial charge in [-0.15, -0.1) is 0 Å². The molecule has 44 heavy (non-hydrogen) atoms. The lowest BCUT2D eigenvalue weighted by Crippen LogP contribution is -2.68. The summed E-state index contributed by atoms with van der Waals surface area (Å²) in [5.41, 5.74) is 0.372. The van der Waals surface area contributed by atoms with Gasteiger partial charge in [-0.2, -0.15) is 0 Å². The van der Waals surface area contributed by atoms with Crippen molar-refractivity contribution in [3.8, 4) is 5.75 Å². The van der Waals surface area contributed by atoms with Gasteiger partial charge in [0.05, 0.1) is 35.6 Å². The Bertz CT molecular complexity index is 1480. The molecule has 0 spiro atoms. The van der Waals surface area contributed by atoms with Gasteiger partial charge < -0.3 is 28.5 Å². The Labute approximate surface area is 271 Å². The standard InChI is InChI=1S/C30H35FIN2O3.C2H6O4S/c31-24-12-7-13-25(18-24)36-28-21-14-16-34(17-15-21,29(28)32)20-26-19-27(33-37-26)30(35,22-8-3-1-4-9-22)23-10-5-2-6-11-23;3-1-2-7(4,5)6/h1,3-4,7-9,12-13,18-19,21,23,28-29,35H,2,5-6,10-11,14-17,20H2;3H,1-2H2,(H,4,5,6)/q+1;/p-1/t21?,28?,29?,30-,34?;/m0./s1. The molecule has 12 heteroatoms. The lowest BCUT2D eigenvalue weighted by atomic mass is 9.71. The second-order valence-electron chi connectivity index (χ2n) is 12.2. The van der Waals surface area contributed by atoms with E-state index in [0.717, 1.165) is 67.4 Å². The molecule has 2 aromatic carbocycles. The number of rotatable bonds is 9. The maximum Gasteiger partial charge on any atom is 0.191 e. The maximum atomic E-state index is 13.8. The molecule has 1 aromatic heterocycles. The van der Waals surface area contributed by atoms with E-state index < -0.39 is 28.1 Å². The quantitative estimate of drug-likeness (QED) is 0.102. The van der Waals surface area contributed by atoms with Crippen molar-refractivity contribution in [2.45, 2.75) is 67.2 Å². The van der Waals surface area contributed by atoms with Crippen LogP contribution in [0.25, 0.3) is 0 Å². The van der Waals surface area contributed by atoms with Crippen LogP contribution in [0.15, 0.2) is 65.2 Å². The second kappa shape index (κ2) is 14.1. The topological polar surface area (TPSA) is 133 Å². The van der Waals surface area contributed by atoms with E-state index in [1.165, 1.54) is 18.6 Å². The molecule has 0 amide bonds. The zero-order valence-electron chi connectivity index (χ0n) is 24.6. The number of aromatic nitrogens is 1. The first-order valence-electron chi connectivity index (χ1n) is 15.2. The Balaban J connectivity index is 0.000000493. The number of nitrogens with zero attached hydrogens (tertiary/aromatic N) is 2. The number of aliphatic hydroxyl groups is 2. The van der Waals surface area contributed by atoms with Crippen LogP contribution < -0.4 is 4.74 Å². The monoisotopic (exact) mass is 742 g/mol. The molecule has 4 fully saturated rings. The number of benzene rings is 2. The summed E-state index contributed by atoms with van der Waals surface area (Å²) in [6.07, 6.45) is 7.66. The van der Waals surface area contributed by atoms with Crippen molar-refractivity contribution in [2.75, 3.05) is 25.4 Å².